The van der Waals surface area contributed by atoms with Gasteiger partial charge in [-0.2, -0.15) is 0 Å². The van der Waals surface area contributed by atoms with Crippen LogP contribution in [0.4, 0.5) is 5.00 Å². The number of carbonyl (C=O) groups excluding carboxylic acids is 2. The van der Waals surface area contributed by atoms with Crippen molar-refractivity contribution < 1.29 is 19.5 Å². The summed E-state index contributed by atoms with van der Waals surface area (Å²) < 4.78 is 0. The highest BCUT2D eigenvalue weighted by atomic mass is 32.1. The second-order valence-electron chi connectivity index (χ2n) is 10.0. The summed E-state index contributed by atoms with van der Waals surface area (Å²) in [5, 5.41) is 16.6. The minimum absolute atomic E-state index is 0.0785. The summed E-state index contributed by atoms with van der Waals surface area (Å²) in [5.41, 5.74) is 1.74. The SMILES string of the molecule is CCC1CCc2c(sc(NC(=O)C3C4CCC(CC4)C3C(=O)O)c2C(=O)NC2CC2)C1. The van der Waals surface area contributed by atoms with Gasteiger partial charge < -0.3 is 15.7 Å². The maximum atomic E-state index is 13.4. The Hall–Kier alpha value is -1.89. The molecule has 2 amide bonds. The summed E-state index contributed by atoms with van der Waals surface area (Å²) >= 11 is 1.54. The molecule has 6 rings (SSSR count). The van der Waals surface area contributed by atoms with Crippen LogP contribution in [0.25, 0.3) is 0 Å². The summed E-state index contributed by atoms with van der Waals surface area (Å²) in [7, 11) is 0. The van der Waals surface area contributed by atoms with Gasteiger partial charge in [-0.15, -0.1) is 11.3 Å². The van der Waals surface area contributed by atoms with E-state index in [1.807, 2.05) is 0 Å². The highest BCUT2D eigenvalue weighted by molar-refractivity contribution is 7.17. The van der Waals surface area contributed by atoms with Gasteiger partial charge in [-0.3, -0.25) is 14.4 Å². The second-order valence-corrected chi connectivity index (χ2v) is 11.1. The number of carboxylic acid groups (broad SMARTS) is 1. The summed E-state index contributed by atoms with van der Waals surface area (Å²) in [6.45, 7) is 2.21. The van der Waals surface area contributed by atoms with Gasteiger partial charge in [-0.25, -0.2) is 0 Å². The van der Waals surface area contributed by atoms with Crippen molar-refractivity contribution in [1.29, 1.82) is 0 Å². The number of nitrogens with one attached hydrogen (secondary N) is 2. The maximum Gasteiger partial charge on any atom is 0.307 e. The first-order chi connectivity index (χ1) is 15.0. The van der Waals surface area contributed by atoms with Crippen LogP contribution in [-0.4, -0.2) is 28.9 Å². The fourth-order valence-corrected chi connectivity index (χ4v) is 7.56. The van der Waals surface area contributed by atoms with Gasteiger partial charge in [0.15, 0.2) is 0 Å². The number of hydrogen-bond donors (Lipinski definition) is 3. The van der Waals surface area contributed by atoms with Gasteiger partial charge in [0.25, 0.3) is 5.91 Å². The van der Waals surface area contributed by atoms with Gasteiger partial charge in [-0.05, 0) is 81.1 Å². The number of fused-ring (bicyclic) bond motifs is 4. The predicted molar refractivity (Wildman–Crippen MR) is 119 cm³/mol. The Bertz CT molecular complexity index is 898. The van der Waals surface area contributed by atoms with E-state index in [4.69, 9.17) is 0 Å². The standard InChI is InChI=1S/C24H32N2O4S/c1-2-12-3-10-16-17(11-12)31-23(20(16)22(28)25-15-8-9-15)26-21(27)18-13-4-6-14(7-5-13)19(18)24(29)30/h12-15,18-19H,2-11H2,1H3,(H,25,28)(H,26,27)(H,29,30). The Balaban J connectivity index is 1.44. The molecule has 31 heavy (non-hydrogen) atoms. The number of anilines is 1. The predicted octanol–water partition coefficient (Wildman–Crippen LogP) is 4.23. The minimum Gasteiger partial charge on any atom is -0.481 e. The zero-order valence-corrected chi connectivity index (χ0v) is 18.9. The Labute approximate surface area is 187 Å². The molecule has 168 valence electrons. The number of amides is 2. The summed E-state index contributed by atoms with van der Waals surface area (Å²) in [6.07, 6.45) is 9.74. The van der Waals surface area contributed by atoms with Crippen molar-refractivity contribution in [3.8, 4) is 0 Å². The fraction of sp³-hybridized carbons (Fsp3) is 0.708. The number of rotatable bonds is 6. The topological polar surface area (TPSA) is 95.5 Å². The summed E-state index contributed by atoms with van der Waals surface area (Å²) in [6, 6.07) is 0.254. The number of carbonyl (C=O) groups is 3. The molecule has 5 aliphatic carbocycles. The van der Waals surface area contributed by atoms with Crippen LogP contribution in [0.3, 0.4) is 0 Å². The Morgan fingerprint density at radius 1 is 1.00 bits per heavy atom. The molecule has 3 atom stereocenters. The molecule has 6 nitrogen and oxygen atoms in total. The molecule has 7 heteroatoms. The molecule has 4 fully saturated rings. The van der Waals surface area contributed by atoms with Crippen molar-refractivity contribution in [2.45, 2.75) is 77.2 Å². The summed E-state index contributed by atoms with van der Waals surface area (Å²) in [5.74, 6) is -1.37. The maximum absolute atomic E-state index is 13.4. The Morgan fingerprint density at radius 2 is 1.68 bits per heavy atom. The van der Waals surface area contributed by atoms with Gasteiger partial charge in [0.05, 0.1) is 17.4 Å². The van der Waals surface area contributed by atoms with Crippen molar-refractivity contribution in [2.24, 2.45) is 29.6 Å². The van der Waals surface area contributed by atoms with Crippen LogP contribution >= 0.6 is 11.3 Å². The normalized spacial score (nSPS) is 31.7. The van der Waals surface area contributed by atoms with Crippen molar-refractivity contribution >= 4 is 34.1 Å². The minimum atomic E-state index is -0.850. The molecule has 1 aromatic heterocycles. The zero-order chi connectivity index (χ0) is 21.7. The molecule has 2 bridgehead atoms. The van der Waals surface area contributed by atoms with E-state index in [2.05, 4.69) is 17.6 Å². The van der Waals surface area contributed by atoms with Gasteiger partial charge in [0, 0.05) is 10.9 Å². The molecular formula is C24H32N2O4S. The largest absolute Gasteiger partial charge is 0.481 e. The third kappa shape index (κ3) is 3.90. The molecule has 0 spiro atoms. The lowest BCUT2D eigenvalue weighted by Crippen LogP contribution is -2.49. The van der Waals surface area contributed by atoms with Crippen molar-refractivity contribution in [3.63, 3.8) is 0 Å². The molecule has 3 unspecified atom stereocenters. The third-order valence-corrected chi connectivity index (χ3v) is 9.30. The molecule has 0 aromatic carbocycles. The first-order valence-corrected chi connectivity index (χ1v) is 12.8. The number of aliphatic carboxylic acids is 1. The van der Waals surface area contributed by atoms with E-state index in [0.717, 1.165) is 69.8 Å². The van der Waals surface area contributed by atoms with E-state index >= 15 is 0 Å². The van der Waals surface area contributed by atoms with E-state index in [1.54, 1.807) is 0 Å². The molecule has 4 saturated carbocycles. The molecule has 0 aliphatic heterocycles. The van der Waals surface area contributed by atoms with Crippen molar-refractivity contribution in [2.75, 3.05) is 5.32 Å². The first kappa shape index (κ1) is 21.0. The fourth-order valence-electron chi connectivity index (χ4n) is 6.19. The van der Waals surface area contributed by atoms with Gasteiger partial charge in [0.1, 0.15) is 5.00 Å². The Kier molecular flexibility index (Phi) is 5.57. The molecule has 3 N–H and O–H groups in total. The zero-order valence-electron chi connectivity index (χ0n) is 18.1. The molecular weight excluding hydrogens is 412 g/mol. The molecule has 1 heterocycles. The van der Waals surface area contributed by atoms with E-state index in [0.29, 0.717) is 16.5 Å². The molecule has 5 aliphatic rings. The lowest BCUT2D eigenvalue weighted by Gasteiger charge is -2.45. The molecule has 0 saturated heterocycles. The lowest BCUT2D eigenvalue weighted by atomic mass is 9.58. The van der Waals surface area contributed by atoms with Crippen LogP contribution < -0.4 is 10.6 Å². The van der Waals surface area contributed by atoms with Crippen molar-refractivity contribution in [3.05, 3.63) is 16.0 Å². The molecule has 0 radical (unpaired) electrons. The third-order valence-electron chi connectivity index (χ3n) is 8.13. The van der Waals surface area contributed by atoms with Crippen LogP contribution in [-0.2, 0) is 22.4 Å². The highest BCUT2D eigenvalue weighted by Crippen LogP contribution is 2.50. The van der Waals surface area contributed by atoms with Crippen LogP contribution in [0.15, 0.2) is 0 Å². The van der Waals surface area contributed by atoms with E-state index in [-0.39, 0.29) is 29.7 Å². The van der Waals surface area contributed by atoms with Crippen LogP contribution in [0.1, 0.15) is 79.1 Å². The monoisotopic (exact) mass is 444 g/mol. The second kappa shape index (κ2) is 8.23. The average Bonchev–Trinajstić information content (AvgIpc) is 3.51. The van der Waals surface area contributed by atoms with Gasteiger partial charge in [0.2, 0.25) is 5.91 Å². The van der Waals surface area contributed by atoms with E-state index in [1.165, 1.54) is 16.2 Å². The summed E-state index contributed by atoms with van der Waals surface area (Å²) in [4.78, 5) is 39.7. The van der Waals surface area contributed by atoms with Crippen LogP contribution in [0, 0.1) is 29.6 Å². The lowest BCUT2D eigenvalue weighted by molar-refractivity contribution is -0.156. The average molecular weight is 445 g/mol. The number of thiophene rings is 1. The highest BCUT2D eigenvalue weighted by Gasteiger charge is 2.50. The smallest absolute Gasteiger partial charge is 0.307 e. The Morgan fingerprint density at radius 3 is 2.29 bits per heavy atom. The van der Waals surface area contributed by atoms with Crippen molar-refractivity contribution in [1.82, 2.24) is 5.32 Å². The van der Waals surface area contributed by atoms with Gasteiger partial charge >= 0.3 is 5.97 Å². The number of carboxylic acids is 1. The van der Waals surface area contributed by atoms with Crippen LogP contribution in [0.5, 0.6) is 0 Å². The van der Waals surface area contributed by atoms with E-state index in [9.17, 15) is 19.5 Å². The van der Waals surface area contributed by atoms with E-state index < -0.39 is 17.8 Å². The first-order valence-electron chi connectivity index (χ1n) is 11.9. The quantitative estimate of drug-likeness (QED) is 0.612. The van der Waals surface area contributed by atoms with Gasteiger partial charge in [-0.1, -0.05) is 13.3 Å². The van der Waals surface area contributed by atoms with Crippen LogP contribution in [0.2, 0.25) is 0 Å². The number of hydrogen-bond acceptors (Lipinski definition) is 4. The molecule has 1 aromatic rings.